The SMILES string of the molecule is CCNC(=O)N(C(=N)N)c1ccccc1C. The first-order valence-electron chi connectivity index (χ1n) is 5.05. The number of hydrogen-bond donors (Lipinski definition) is 3. The van der Waals surface area contributed by atoms with Crippen LogP contribution < -0.4 is 16.0 Å². The van der Waals surface area contributed by atoms with Crippen molar-refractivity contribution in [3.63, 3.8) is 0 Å². The summed E-state index contributed by atoms with van der Waals surface area (Å²) in [6.45, 7) is 4.17. The van der Waals surface area contributed by atoms with Crippen molar-refractivity contribution < 1.29 is 4.79 Å². The Hall–Kier alpha value is -2.04. The van der Waals surface area contributed by atoms with Crippen LogP contribution in [0.5, 0.6) is 0 Å². The summed E-state index contributed by atoms with van der Waals surface area (Å²) in [5, 5.41) is 10.1. The number of anilines is 1. The fourth-order valence-electron chi connectivity index (χ4n) is 1.39. The predicted molar refractivity (Wildman–Crippen MR) is 64.6 cm³/mol. The molecule has 5 heteroatoms. The second-order valence-corrected chi connectivity index (χ2v) is 3.34. The maximum Gasteiger partial charge on any atom is 0.328 e. The molecule has 0 aliphatic carbocycles. The van der Waals surface area contributed by atoms with Gasteiger partial charge in [0.2, 0.25) is 5.96 Å². The van der Waals surface area contributed by atoms with E-state index in [9.17, 15) is 4.79 Å². The van der Waals surface area contributed by atoms with Crippen molar-refractivity contribution in [2.45, 2.75) is 13.8 Å². The Morgan fingerprint density at radius 1 is 1.50 bits per heavy atom. The van der Waals surface area contributed by atoms with Gasteiger partial charge >= 0.3 is 6.03 Å². The van der Waals surface area contributed by atoms with E-state index in [0.29, 0.717) is 12.2 Å². The number of urea groups is 1. The van der Waals surface area contributed by atoms with Crippen LogP contribution in [0, 0.1) is 12.3 Å². The minimum absolute atomic E-state index is 0.291. The van der Waals surface area contributed by atoms with Crippen molar-refractivity contribution in [1.29, 1.82) is 5.41 Å². The second kappa shape index (κ2) is 5.16. The lowest BCUT2D eigenvalue weighted by Crippen LogP contribution is -2.47. The van der Waals surface area contributed by atoms with Gasteiger partial charge in [0, 0.05) is 6.54 Å². The van der Waals surface area contributed by atoms with Gasteiger partial charge in [-0.25, -0.2) is 9.69 Å². The number of amides is 2. The van der Waals surface area contributed by atoms with E-state index < -0.39 is 0 Å². The molecule has 0 saturated carbocycles. The van der Waals surface area contributed by atoms with E-state index in [2.05, 4.69) is 5.32 Å². The number of carbonyl (C=O) groups excluding carboxylic acids is 1. The molecule has 1 rings (SSSR count). The number of hydrogen-bond acceptors (Lipinski definition) is 2. The van der Waals surface area contributed by atoms with Crippen LogP contribution in [0.2, 0.25) is 0 Å². The third kappa shape index (κ3) is 2.50. The van der Waals surface area contributed by atoms with Gasteiger partial charge in [0.25, 0.3) is 0 Å². The zero-order chi connectivity index (χ0) is 12.1. The van der Waals surface area contributed by atoms with E-state index >= 15 is 0 Å². The van der Waals surface area contributed by atoms with Gasteiger partial charge in [-0.05, 0) is 25.5 Å². The van der Waals surface area contributed by atoms with Crippen molar-refractivity contribution in [2.24, 2.45) is 5.73 Å². The minimum Gasteiger partial charge on any atom is -0.369 e. The molecule has 0 fully saturated rings. The van der Waals surface area contributed by atoms with Crippen LogP contribution in [0.1, 0.15) is 12.5 Å². The molecule has 16 heavy (non-hydrogen) atoms. The molecule has 0 atom stereocenters. The van der Waals surface area contributed by atoms with Crippen LogP contribution in [0.3, 0.4) is 0 Å². The van der Waals surface area contributed by atoms with Gasteiger partial charge in [-0.1, -0.05) is 18.2 Å². The number of para-hydroxylation sites is 1. The summed E-state index contributed by atoms with van der Waals surface area (Å²) >= 11 is 0. The molecule has 5 nitrogen and oxygen atoms in total. The fraction of sp³-hybridized carbons (Fsp3) is 0.273. The molecule has 0 aliphatic rings. The van der Waals surface area contributed by atoms with Crippen molar-refractivity contribution in [3.05, 3.63) is 29.8 Å². The summed E-state index contributed by atoms with van der Waals surface area (Å²) in [4.78, 5) is 12.9. The molecular formula is C11H16N4O. The highest BCUT2D eigenvalue weighted by molar-refractivity contribution is 6.14. The molecule has 0 spiro atoms. The highest BCUT2D eigenvalue weighted by Crippen LogP contribution is 2.18. The van der Waals surface area contributed by atoms with Crippen molar-refractivity contribution in [1.82, 2.24) is 5.32 Å². The van der Waals surface area contributed by atoms with Crippen LogP contribution in [0.4, 0.5) is 10.5 Å². The van der Waals surface area contributed by atoms with Gasteiger partial charge < -0.3 is 11.1 Å². The number of carbonyl (C=O) groups is 1. The van der Waals surface area contributed by atoms with E-state index in [1.54, 1.807) is 12.1 Å². The third-order valence-corrected chi connectivity index (χ3v) is 2.13. The van der Waals surface area contributed by atoms with Gasteiger partial charge in [0.1, 0.15) is 0 Å². The largest absolute Gasteiger partial charge is 0.369 e. The average molecular weight is 220 g/mol. The summed E-state index contributed by atoms with van der Waals surface area (Å²) in [6.07, 6.45) is 0. The lowest BCUT2D eigenvalue weighted by Gasteiger charge is -2.22. The van der Waals surface area contributed by atoms with Gasteiger partial charge in [0.15, 0.2) is 0 Å². The first kappa shape index (κ1) is 12.0. The quantitative estimate of drug-likeness (QED) is 0.520. The lowest BCUT2D eigenvalue weighted by atomic mass is 10.2. The lowest BCUT2D eigenvalue weighted by molar-refractivity contribution is 0.249. The van der Waals surface area contributed by atoms with Crippen molar-refractivity contribution in [2.75, 3.05) is 11.4 Å². The normalized spacial score (nSPS) is 9.62. The summed E-state index contributed by atoms with van der Waals surface area (Å²) in [5.74, 6) is -0.291. The monoisotopic (exact) mass is 220 g/mol. The molecule has 0 bridgehead atoms. The molecule has 86 valence electrons. The minimum atomic E-state index is -0.385. The summed E-state index contributed by atoms with van der Waals surface area (Å²) in [5.41, 5.74) is 6.94. The topological polar surface area (TPSA) is 82.2 Å². The number of nitrogens with one attached hydrogen (secondary N) is 2. The molecular weight excluding hydrogens is 204 g/mol. The molecule has 1 aromatic carbocycles. The molecule has 0 unspecified atom stereocenters. The van der Waals surface area contributed by atoms with Gasteiger partial charge in [-0.15, -0.1) is 0 Å². The maximum absolute atomic E-state index is 11.7. The zero-order valence-corrected chi connectivity index (χ0v) is 9.45. The first-order chi connectivity index (χ1) is 7.57. The molecule has 0 heterocycles. The molecule has 0 aliphatic heterocycles. The third-order valence-electron chi connectivity index (χ3n) is 2.13. The summed E-state index contributed by atoms with van der Waals surface area (Å²) in [6, 6.07) is 6.91. The Balaban J connectivity index is 3.08. The molecule has 0 radical (unpaired) electrons. The maximum atomic E-state index is 11.7. The first-order valence-corrected chi connectivity index (χ1v) is 5.05. The van der Waals surface area contributed by atoms with E-state index in [1.807, 2.05) is 26.0 Å². The number of guanidine groups is 1. The summed E-state index contributed by atoms with van der Waals surface area (Å²) in [7, 11) is 0. The molecule has 0 saturated heterocycles. The predicted octanol–water partition coefficient (Wildman–Crippen LogP) is 1.42. The van der Waals surface area contributed by atoms with Gasteiger partial charge in [-0.3, -0.25) is 5.41 Å². The number of aryl methyl sites for hydroxylation is 1. The van der Waals surface area contributed by atoms with Crippen LogP contribution >= 0.6 is 0 Å². The average Bonchev–Trinajstić information content (AvgIpc) is 2.21. The molecule has 4 N–H and O–H groups in total. The smallest absolute Gasteiger partial charge is 0.328 e. The number of nitrogens with two attached hydrogens (primary N) is 1. The van der Waals surface area contributed by atoms with Gasteiger partial charge in [-0.2, -0.15) is 0 Å². The number of rotatable bonds is 2. The Kier molecular flexibility index (Phi) is 3.88. The Morgan fingerprint density at radius 2 is 2.12 bits per heavy atom. The van der Waals surface area contributed by atoms with Crippen LogP contribution in [-0.4, -0.2) is 18.5 Å². The molecule has 0 aromatic heterocycles. The Morgan fingerprint density at radius 3 is 2.62 bits per heavy atom. The van der Waals surface area contributed by atoms with E-state index in [0.717, 1.165) is 10.5 Å². The summed E-state index contributed by atoms with van der Waals surface area (Å²) < 4.78 is 0. The molecule has 2 amide bonds. The van der Waals surface area contributed by atoms with E-state index in [-0.39, 0.29) is 12.0 Å². The van der Waals surface area contributed by atoms with Crippen LogP contribution in [0.15, 0.2) is 24.3 Å². The Bertz CT molecular complexity index is 403. The van der Waals surface area contributed by atoms with Crippen molar-refractivity contribution in [3.8, 4) is 0 Å². The Labute approximate surface area is 94.8 Å². The number of benzene rings is 1. The highest BCUT2D eigenvalue weighted by atomic mass is 16.2. The van der Waals surface area contributed by atoms with Crippen molar-refractivity contribution >= 4 is 17.7 Å². The zero-order valence-electron chi connectivity index (χ0n) is 9.45. The highest BCUT2D eigenvalue weighted by Gasteiger charge is 2.18. The van der Waals surface area contributed by atoms with E-state index in [4.69, 9.17) is 11.1 Å². The number of nitrogens with zero attached hydrogens (tertiary/aromatic N) is 1. The standard InChI is InChI=1S/C11H16N4O/c1-3-14-11(16)15(10(12)13)9-7-5-4-6-8(9)2/h4-7H,3H2,1-2H3,(H3,12,13)(H,14,16). The van der Waals surface area contributed by atoms with E-state index in [1.165, 1.54) is 0 Å². The van der Waals surface area contributed by atoms with Crippen LogP contribution in [0.25, 0.3) is 0 Å². The van der Waals surface area contributed by atoms with Gasteiger partial charge in [0.05, 0.1) is 5.69 Å². The second-order valence-electron chi connectivity index (χ2n) is 3.34. The van der Waals surface area contributed by atoms with Crippen LogP contribution in [-0.2, 0) is 0 Å². The molecule has 1 aromatic rings. The fourth-order valence-corrected chi connectivity index (χ4v) is 1.39.